The Labute approximate surface area is 134 Å². The van der Waals surface area contributed by atoms with Crippen LogP contribution in [0.4, 0.5) is 5.69 Å². The van der Waals surface area contributed by atoms with Crippen LogP contribution in [0, 0.1) is 0 Å². The number of nitrogens with two attached hydrogens (primary N) is 1. The second kappa shape index (κ2) is 7.77. The molecule has 1 aliphatic heterocycles. The monoisotopic (exact) mass is 355 g/mol. The predicted octanol–water partition coefficient (Wildman–Crippen LogP) is 1.64. The summed E-state index contributed by atoms with van der Waals surface area (Å²) < 4.78 is 6.44. The maximum atomic E-state index is 12.3. The highest BCUT2D eigenvalue weighted by molar-refractivity contribution is 9.10. The van der Waals surface area contributed by atoms with Gasteiger partial charge < -0.3 is 20.7 Å². The lowest BCUT2D eigenvalue weighted by molar-refractivity contribution is -0.124. The van der Waals surface area contributed by atoms with Crippen LogP contribution >= 0.6 is 15.9 Å². The summed E-state index contributed by atoms with van der Waals surface area (Å²) in [5.41, 5.74) is 7.73. The van der Waals surface area contributed by atoms with Crippen LogP contribution in [0.25, 0.3) is 0 Å². The molecule has 3 N–H and O–H groups in total. The molecule has 5 nitrogen and oxygen atoms in total. The van der Waals surface area contributed by atoms with E-state index in [0.717, 1.165) is 22.1 Å². The van der Waals surface area contributed by atoms with E-state index in [9.17, 15) is 4.79 Å². The molecule has 1 aromatic rings. The fourth-order valence-electron chi connectivity index (χ4n) is 2.39. The van der Waals surface area contributed by atoms with Gasteiger partial charge in [0, 0.05) is 24.1 Å². The van der Waals surface area contributed by atoms with Crippen LogP contribution in [0.15, 0.2) is 22.7 Å². The fourth-order valence-corrected chi connectivity index (χ4v) is 3.04. The fraction of sp³-hybridized carbons (Fsp3) is 0.533. The Morgan fingerprint density at radius 2 is 2.38 bits per heavy atom. The molecule has 1 aromatic carbocycles. The molecule has 1 amide bonds. The molecule has 6 heteroatoms. The predicted molar refractivity (Wildman–Crippen MR) is 87.3 cm³/mol. The molecule has 1 aliphatic rings. The van der Waals surface area contributed by atoms with Crippen molar-refractivity contribution in [1.82, 2.24) is 5.32 Å². The molecule has 0 aliphatic carbocycles. The molecule has 1 fully saturated rings. The van der Waals surface area contributed by atoms with E-state index in [-0.39, 0.29) is 11.9 Å². The van der Waals surface area contributed by atoms with Crippen LogP contribution in [-0.4, -0.2) is 38.3 Å². The van der Waals surface area contributed by atoms with Gasteiger partial charge in [0.25, 0.3) is 0 Å². The Bertz CT molecular complexity index is 496. The van der Waals surface area contributed by atoms with Crippen LogP contribution in [0.5, 0.6) is 0 Å². The average molecular weight is 356 g/mol. The molecule has 1 saturated heterocycles. The summed E-state index contributed by atoms with van der Waals surface area (Å²) in [6.07, 6.45) is 0.925. The number of carbonyl (C=O) groups is 1. The van der Waals surface area contributed by atoms with E-state index in [1.54, 1.807) is 0 Å². The average Bonchev–Trinajstić information content (AvgIpc) is 2.52. The van der Waals surface area contributed by atoms with Gasteiger partial charge in [0.2, 0.25) is 5.91 Å². The molecule has 1 heterocycles. The Morgan fingerprint density at radius 1 is 1.57 bits per heavy atom. The van der Waals surface area contributed by atoms with Crippen LogP contribution in [0.3, 0.4) is 0 Å². The first-order valence-corrected chi connectivity index (χ1v) is 8.07. The molecule has 0 bridgehead atoms. The van der Waals surface area contributed by atoms with Crippen molar-refractivity contribution in [3.8, 4) is 0 Å². The molecule has 1 atom stereocenters. The van der Waals surface area contributed by atoms with Crippen molar-refractivity contribution in [2.45, 2.75) is 25.9 Å². The van der Waals surface area contributed by atoms with Crippen LogP contribution < -0.4 is 16.0 Å². The molecule has 0 spiro atoms. The summed E-state index contributed by atoms with van der Waals surface area (Å²) in [5.74, 6) is 0.0198. The zero-order valence-electron chi connectivity index (χ0n) is 12.3. The van der Waals surface area contributed by atoms with Gasteiger partial charge in [0.05, 0.1) is 18.9 Å². The number of benzene rings is 1. The third-order valence-corrected chi connectivity index (χ3v) is 4.17. The number of amides is 1. The number of rotatable bonds is 5. The number of anilines is 1. The first-order valence-electron chi connectivity index (χ1n) is 7.28. The van der Waals surface area contributed by atoms with Gasteiger partial charge in [-0.15, -0.1) is 0 Å². The zero-order chi connectivity index (χ0) is 15.2. The van der Waals surface area contributed by atoms with Crippen LogP contribution in [-0.2, 0) is 16.1 Å². The van der Waals surface area contributed by atoms with Gasteiger partial charge in [-0.1, -0.05) is 13.0 Å². The maximum absolute atomic E-state index is 12.3. The normalized spacial score (nSPS) is 18.6. The van der Waals surface area contributed by atoms with Crippen molar-refractivity contribution in [2.24, 2.45) is 5.73 Å². The Morgan fingerprint density at radius 3 is 3.05 bits per heavy atom. The molecule has 2 rings (SSSR count). The Balaban J connectivity index is 2.20. The minimum atomic E-state index is -0.287. The van der Waals surface area contributed by atoms with E-state index in [1.807, 2.05) is 25.1 Å². The lowest BCUT2D eigenvalue weighted by Gasteiger charge is -2.37. The van der Waals surface area contributed by atoms with Crippen molar-refractivity contribution >= 4 is 27.5 Å². The number of hydrogen-bond donors (Lipinski definition) is 2. The van der Waals surface area contributed by atoms with Gasteiger partial charge in [-0.05, 0) is 40.0 Å². The SMILES string of the molecule is CCCNC(=O)C1COCCN1c1ccc(CN)cc1Br. The van der Waals surface area contributed by atoms with Crippen LogP contribution in [0.2, 0.25) is 0 Å². The number of morpholine rings is 1. The second-order valence-electron chi connectivity index (χ2n) is 5.07. The zero-order valence-corrected chi connectivity index (χ0v) is 13.9. The Hall–Kier alpha value is -1.11. The molecule has 0 saturated carbocycles. The van der Waals surface area contributed by atoms with Crippen molar-refractivity contribution in [3.05, 3.63) is 28.2 Å². The number of hydrogen-bond acceptors (Lipinski definition) is 4. The minimum Gasteiger partial charge on any atom is -0.377 e. The third kappa shape index (κ3) is 3.96. The lowest BCUT2D eigenvalue weighted by Crippen LogP contribution is -2.54. The molecule has 1 unspecified atom stereocenters. The summed E-state index contributed by atoms with van der Waals surface area (Å²) >= 11 is 3.58. The minimum absolute atomic E-state index is 0.0198. The highest BCUT2D eigenvalue weighted by atomic mass is 79.9. The summed E-state index contributed by atoms with van der Waals surface area (Å²) in [4.78, 5) is 14.4. The van der Waals surface area contributed by atoms with Gasteiger partial charge in [-0.25, -0.2) is 0 Å². The molecular weight excluding hydrogens is 334 g/mol. The first kappa shape index (κ1) is 16.3. The van der Waals surface area contributed by atoms with Crippen molar-refractivity contribution in [3.63, 3.8) is 0 Å². The molecule has 21 heavy (non-hydrogen) atoms. The van der Waals surface area contributed by atoms with E-state index in [4.69, 9.17) is 10.5 Å². The van der Waals surface area contributed by atoms with Crippen molar-refractivity contribution < 1.29 is 9.53 Å². The number of nitrogens with one attached hydrogen (secondary N) is 1. The molecule has 0 aromatic heterocycles. The van der Waals surface area contributed by atoms with E-state index in [1.165, 1.54) is 0 Å². The topological polar surface area (TPSA) is 67.6 Å². The highest BCUT2D eigenvalue weighted by Gasteiger charge is 2.30. The maximum Gasteiger partial charge on any atom is 0.245 e. The molecular formula is C15H22BrN3O2. The summed E-state index contributed by atoms with van der Waals surface area (Å²) in [5, 5.41) is 2.95. The van der Waals surface area contributed by atoms with Crippen LogP contribution in [0.1, 0.15) is 18.9 Å². The smallest absolute Gasteiger partial charge is 0.245 e. The summed E-state index contributed by atoms with van der Waals surface area (Å²) in [6, 6.07) is 5.73. The summed E-state index contributed by atoms with van der Waals surface area (Å²) in [6.45, 7) is 4.98. The van der Waals surface area contributed by atoms with Crippen molar-refractivity contribution in [1.29, 1.82) is 0 Å². The number of nitrogens with zero attached hydrogens (tertiary/aromatic N) is 1. The quantitative estimate of drug-likeness (QED) is 0.842. The first-order chi connectivity index (χ1) is 10.2. The summed E-state index contributed by atoms with van der Waals surface area (Å²) in [7, 11) is 0. The van der Waals surface area contributed by atoms with Gasteiger partial charge in [-0.2, -0.15) is 0 Å². The standard InChI is InChI=1S/C15H22BrN3O2/c1-2-5-18-15(20)14-10-21-7-6-19(14)13-4-3-11(9-17)8-12(13)16/h3-4,8,14H,2,5-7,9-10,17H2,1H3,(H,18,20). The molecule has 116 valence electrons. The van der Waals surface area contributed by atoms with E-state index >= 15 is 0 Å². The third-order valence-electron chi connectivity index (χ3n) is 3.54. The van der Waals surface area contributed by atoms with E-state index < -0.39 is 0 Å². The number of halogens is 1. The Kier molecular flexibility index (Phi) is 6.02. The lowest BCUT2D eigenvalue weighted by atomic mass is 10.1. The van der Waals surface area contributed by atoms with E-state index in [2.05, 4.69) is 26.1 Å². The van der Waals surface area contributed by atoms with Gasteiger partial charge in [0.15, 0.2) is 0 Å². The number of ether oxygens (including phenoxy) is 1. The van der Waals surface area contributed by atoms with E-state index in [0.29, 0.717) is 32.8 Å². The van der Waals surface area contributed by atoms with Crippen molar-refractivity contribution in [2.75, 3.05) is 31.2 Å². The second-order valence-corrected chi connectivity index (χ2v) is 5.92. The van der Waals surface area contributed by atoms with Gasteiger partial charge in [-0.3, -0.25) is 4.79 Å². The van der Waals surface area contributed by atoms with Gasteiger partial charge in [0.1, 0.15) is 6.04 Å². The van der Waals surface area contributed by atoms with Gasteiger partial charge >= 0.3 is 0 Å². The highest BCUT2D eigenvalue weighted by Crippen LogP contribution is 2.30. The number of carbonyl (C=O) groups excluding carboxylic acids is 1. The molecule has 0 radical (unpaired) electrons. The largest absolute Gasteiger partial charge is 0.377 e.